The number of ether oxygens (including phenoxy) is 1. The van der Waals surface area contributed by atoms with E-state index in [2.05, 4.69) is 5.32 Å². The van der Waals surface area contributed by atoms with E-state index in [9.17, 15) is 10.1 Å². The van der Waals surface area contributed by atoms with Gasteiger partial charge in [-0.05, 0) is 12.1 Å². The van der Waals surface area contributed by atoms with Gasteiger partial charge in [0, 0.05) is 18.3 Å². The molecule has 94 valence electrons. The van der Waals surface area contributed by atoms with Crippen molar-refractivity contribution in [1.29, 1.82) is 0 Å². The fraction of sp³-hybridized carbons (Fsp3) is 0.400. The highest BCUT2D eigenvalue weighted by Gasteiger charge is 2.11. The monoisotopic (exact) mass is 241 g/mol. The molecule has 0 saturated heterocycles. The molecule has 0 aromatic heterocycles. The van der Waals surface area contributed by atoms with Crippen LogP contribution in [0.25, 0.3) is 0 Å². The molecule has 0 atom stereocenters. The Hall–Kier alpha value is -1.86. The Bertz CT molecular complexity index is 384. The van der Waals surface area contributed by atoms with E-state index in [1.54, 1.807) is 6.07 Å². The maximum Gasteiger partial charge on any atom is 0.294 e. The molecule has 0 saturated carbocycles. The zero-order valence-electron chi connectivity index (χ0n) is 9.26. The van der Waals surface area contributed by atoms with Crippen molar-refractivity contribution in [3.05, 3.63) is 28.3 Å². The number of nitrogens with zero attached hydrogens (tertiary/aromatic N) is 1. The number of nitro benzene ring substituents is 1. The van der Waals surface area contributed by atoms with Crippen molar-refractivity contribution in [3.8, 4) is 0 Å². The van der Waals surface area contributed by atoms with Gasteiger partial charge in [-0.15, -0.1) is 0 Å². The van der Waals surface area contributed by atoms with Crippen LogP contribution in [-0.4, -0.2) is 36.4 Å². The number of nitrogens with one attached hydrogen (secondary N) is 1. The molecule has 1 aromatic rings. The molecule has 0 aliphatic heterocycles. The van der Waals surface area contributed by atoms with Gasteiger partial charge in [-0.25, -0.2) is 0 Å². The fourth-order valence-corrected chi connectivity index (χ4v) is 1.25. The summed E-state index contributed by atoms with van der Waals surface area (Å²) in [5, 5.41) is 22.1. The predicted octanol–water partition coefficient (Wildman–Crippen LogP) is 0.598. The van der Waals surface area contributed by atoms with E-state index < -0.39 is 4.92 Å². The van der Waals surface area contributed by atoms with Gasteiger partial charge in [0.2, 0.25) is 0 Å². The van der Waals surface area contributed by atoms with Gasteiger partial charge in [-0.2, -0.15) is 0 Å². The van der Waals surface area contributed by atoms with Crippen LogP contribution in [0.2, 0.25) is 0 Å². The number of benzene rings is 1. The molecule has 0 amide bonds. The van der Waals surface area contributed by atoms with E-state index in [0.29, 0.717) is 18.8 Å². The van der Waals surface area contributed by atoms with Crippen molar-refractivity contribution < 1.29 is 14.8 Å². The number of aliphatic hydroxyl groups is 1. The normalized spacial score (nSPS) is 10.2. The molecule has 0 aliphatic rings. The minimum Gasteiger partial charge on any atom is -0.394 e. The van der Waals surface area contributed by atoms with Gasteiger partial charge in [0.25, 0.3) is 5.69 Å². The quantitative estimate of drug-likeness (QED) is 0.279. The van der Waals surface area contributed by atoms with Gasteiger partial charge < -0.3 is 20.9 Å². The Balaban J connectivity index is 2.49. The second kappa shape index (κ2) is 6.66. The second-order valence-electron chi connectivity index (χ2n) is 3.29. The van der Waals surface area contributed by atoms with E-state index in [0.717, 1.165) is 0 Å². The summed E-state index contributed by atoms with van der Waals surface area (Å²) in [5.74, 6) is 0. The number of rotatable bonds is 7. The molecule has 0 heterocycles. The summed E-state index contributed by atoms with van der Waals surface area (Å²) in [6.07, 6.45) is 0. The molecule has 0 bridgehead atoms. The highest BCUT2D eigenvalue weighted by atomic mass is 16.6. The SMILES string of the molecule is Nc1ccc(NCCOCCO)cc1[N+](=O)[O-]. The average Bonchev–Trinajstić information content (AvgIpc) is 2.30. The predicted molar refractivity (Wildman–Crippen MR) is 63.9 cm³/mol. The lowest BCUT2D eigenvalue weighted by Crippen LogP contribution is -2.11. The van der Waals surface area contributed by atoms with Crippen LogP contribution in [0.3, 0.4) is 0 Å². The summed E-state index contributed by atoms with van der Waals surface area (Å²) in [6.45, 7) is 1.18. The molecule has 17 heavy (non-hydrogen) atoms. The summed E-state index contributed by atoms with van der Waals surface area (Å²) < 4.78 is 5.03. The van der Waals surface area contributed by atoms with Crippen LogP contribution in [0.15, 0.2) is 18.2 Å². The Morgan fingerprint density at radius 1 is 1.47 bits per heavy atom. The van der Waals surface area contributed by atoms with E-state index in [-0.39, 0.29) is 24.6 Å². The first-order chi connectivity index (χ1) is 8.15. The number of hydrogen-bond donors (Lipinski definition) is 3. The van der Waals surface area contributed by atoms with Crippen LogP contribution in [0, 0.1) is 10.1 Å². The van der Waals surface area contributed by atoms with Crippen molar-refractivity contribution in [2.45, 2.75) is 0 Å². The lowest BCUT2D eigenvalue weighted by molar-refractivity contribution is -0.383. The molecule has 0 unspecified atom stereocenters. The molecule has 1 rings (SSSR count). The van der Waals surface area contributed by atoms with Crippen LogP contribution in [-0.2, 0) is 4.74 Å². The van der Waals surface area contributed by atoms with Crippen molar-refractivity contribution in [3.63, 3.8) is 0 Å². The molecular weight excluding hydrogens is 226 g/mol. The molecule has 0 radical (unpaired) electrons. The third kappa shape index (κ3) is 4.25. The average molecular weight is 241 g/mol. The number of hydrogen-bond acceptors (Lipinski definition) is 6. The first-order valence-electron chi connectivity index (χ1n) is 5.11. The molecule has 0 spiro atoms. The lowest BCUT2D eigenvalue weighted by atomic mass is 10.2. The van der Waals surface area contributed by atoms with Gasteiger partial charge in [-0.3, -0.25) is 10.1 Å². The highest BCUT2D eigenvalue weighted by Crippen LogP contribution is 2.24. The van der Waals surface area contributed by atoms with Crippen molar-refractivity contribution in [2.24, 2.45) is 0 Å². The third-order valence-corrected chi connectivity index (χ3v) is 2.04. The van der Waals surface area contributed by atoms with Gasteiger partial charge in [0.05, 0.1) is 24.7 Å². The Labute approximate surface area is 98.3 Å². The Morgan fingerprint density at radius 2 is 2.24 bits per heavy atom. The summed E-state index contributed by atoms with van der Waals surface area (Å²) in [4.78, 5) is 10.1. The summed E-state index contributed by atoms with van der Waals surface area (Å²) in [7, 11) is 0. The molecule has 0 fully saturated rings. The van der Waals surface area contributed by atoms with Crippen molar-refractivity contribution in [2.75, 3.05) is 37.4 Å². The molecule has 0 aliphatic carbocycles. The van der Waals surface area contributed by atoms with Gasteiger partial charge in [0.1, 0.15) is 5.69 Å². The molecular formula is C10H15N3O4. The highest BCUT2D eigenvalue weighted by molar-refractivity contribution is 5.65. The van der Waals surface area contributed by atoms with Crippen LogP contribution in [0.4, 0.5) is 17.1 Å². The number of nitrogens with two attached hydrogens (primary N) is 1. The number of nitrogen functional groups attached to an aromatic ring is 1. The minimum absolute atomic E-state index is 0.0205. The van der Waals surface area contributed by atoms with Crippen molar-refractivity contribution in [1.82, 2.24) is 0 Å². The van der Waals surface area contributed by atoms with E-state index in [1.165, 1.54) is 12.1 Å². The van der Waals surface area contributed by atoms with Crippen LogP contribution in [0.1, 0.15) is 0 Å². The first-order valence-corrected chi connectivity index (χ1v) is 5.11. The zero-order valence-corrected chi connectivity index (χ0v) is 9.26. The van der Waals surface area contributed by atoms with Gasteiger partial charge in [0.15, 0.2) is 0 Å². The number of nitro groups is 1. The van der Waals surface area contributed by atoms with Crippen LogP contribution < -0.4 is 11.1 Å². The summed E-state index contributed by atoms with van der Waals surface area (Å²) >= 11 is 0. The summed E-state index contributed by atoms with van der Waals surface area (Å²) in [5.41, 5.74) is 6.09. The standard InChI is InChI=1S/C10H15N3O4/c11-9-2-1-8(7-10(9)13(15)16)12-3-5-17-6-4-14/h1-2,7,12,14H,3-6,11H2. The largest absolute Gasteiger partial charge is 0.394 e. The third-order valence-electron chi connectivity index (χ3n) is 2.04. The minimum atomic E-state index is -0.525. The first kappa shape index (κ1) is 13.2. The molecule has 1 aromatic carbocycles. The smallest absolute Gasteiger partial charge is 0.294 e. The lowest BCUT2D eigenvalue weighted by Gasteiger charge is -2.07. The van der Waals surface area contributed by atoms with Crippen molar-refractivity contribution >= 4 is 17.1 Å². The topological polar surface area (TPSA) is 111 Å². The molecule has 4 N–H and O–H groups in total. The Kier molecular flexibility index (Phi) is 5.18. The second-order valence-corrected chi connectivity index (χ2v) is 3.29. The van der Waals surface area contributed by atoms with Crippen LogP contribution in [0.5, 0.6) is 0 Å². The maximum atomic E-state index is 10.6. The summed E-state index contributed by atoms with van der Waals surface area (Å²) in [6, 6.07) is 4.52. The number of aliphatic hydroxyl groups excluding tert-OH is 1. The van der Waals surface area contributed by atoms with Gasteiger partial charge in [-0.1, -0.05) is 0 Å². The van der Waals surface area contributed by atoms with Gasteiger partial charge >= 0.3 is 0 Å². The van der Waals surface area contributed by atoms with Crippen LogP contribution >= 0.6 is 0 Å². The molecule has 7 nitrogen and oxygen atoms in total. The van der Waals surface area contributed by atoms with E-state index >= 15 is 0 Å². The molecule has 7 heteroatoms. The fourth-order valence-electron chi connectivity index (χ4n) is 1.25. The zero-order chi connectivity index (χ0) is 12.7. The van der Waals surface area contributed by atoms with E-state index in [4.69, 9.17) is 15.6 Å². The van der Waals surface area contributed by atoms with E-state index in [1.807, 2.05) is 0 Å². The Morgan fingerprint density at radius 3 is 2.88 bits per heavy atom. The number of anilines is 2. The maximum absolute atomic E-state index is 10.6.